The monoisotopic (exact) mass is 1120 g/mol. The lowest BCUT2D eigenvalue weighted by molar-refractivity contribution is -0.143. The van der Waals surface area contributed by atoms with E-state index in [1.165, 1.54) is 321 Å². The Hall–Kier alpha value is -1.92. The standard InChI is InChI=1S/C74H141NO5/c1-3-5-7-9-11-13-15-17-19-20-35-39-42-46-50-54-58-62-66-72(77)71(70-76)75-73(78)67-63-59-55-51-47-43-40-36-33-31-29-27-25-23-21-22-24-26-28-30-32-34-37-41-45-49-53-57-61-65-69-80-74(79)68-64-60-56-52-48-44-38-18-16-14-12-10-8-6-4-2/h12,14,18,38,62,66,71-72,76-77H,3-11,13,15-17,19-37,39-61,63-65,67-70H2,1-2H3,(H,75,78)/b14-12-,38-18-,66-62+. The van der Waals surface area contributed by atoms with Crippen molar-refractivity contribution in [3.05, 3.63) is 36.5 Å². The van der Waals surface area contributed by atoms with Crippen molar-refractivity contribution in [1.29, 1.82) is 0 Å². The molecule has 2 unspecified atom stereocenters. The first kappa shape index (κ1) is 78.1. The number of allylic oxidation sites excluding steroid dienone is 5. The summed E-state index contributed by atoms with van der Waals surface area (Å²) in [5, 5.41) is 23.2. The molecule has 0 fully saturated rings. The van der Waals surface area contributed by atoms with Crippen molar-refractivity contribution in [3.8, 4) is 0 Å². The zero-order chi connectivity index (χ0) is 57.8. The fourth-order valence-corrected chi connectivity index (χ4v) is 11.4. The summed E-state index contributed by atoms with van der Waals surface area (Å²) >= 11 is 0. The molecule has 0 heterocycles. The maximum atomic E-state index is 12.5. The largest absolute Gasteiger partial charge is 0.466 e. The maximum Gasteiger partial charge on any atom is 0.305 e. The van der Waals surface area contributed by atoms with Crippen LogP contribution in [0.3, 0.4) is 0 Å². The van der Waals surface area contributed by atoms with Gasteiger partial charge in [-0.1, -0.05) is 359 Å². The molecule has 0 bridgehead atoms. The van der Waals surface area contributed by atoms with Gasteiger partial charge in [0.2, 0.25) is 5.91 Å². The summed E-state index contributed by atoms with van der Waals surface area (Å²) in [6, 6.07) is -0.625. The number of ether oxygens (including phenoxy) is 1. The number of esters is 1. The number of carbonyl (C=O) groups is 2. The van der Waals surface area contributed by atoms with Gasteiger partial charge in [-0.05, 0) is 64.2 Å². The lowest BCUT2D eigenvalue weighted by Gasteiger charge is -2.20. The van der Waals surface area contributed by atoms with Crippen molar-refractivity contribution in [2.45, 2.75) is 411 Å². The predicted octanol–water partition coefficient (Wildman–Crippen LogP) is 23.5. The molecular weight excluding hydrogens is 983 g/mol. The number of aliphatic hydroxyl groups excluding tert-OH is 2. The van der Waals surface area contributed by atoms with Gasteiger partial charge in [-0.3, -0.25) is 9.59 Å². The molecule has 6 nitrogen and oxygen atoms in total. The molecule has 0 aliphatic carbocycles. The van der Waals surface area contributed by atoms with E-state index in [-0.39, 0.29) is 18.5 Å². The Labute approximate surface area is 500 Å². The molecule has 0 aromatic rings. The Morgan fingerprint density at radius 2 is 0.625 bits per heavy atom. The molecule has 2 atom stereocenters. The van der Waals surface area contributed by atoms with Crippen molar-refractivity contribution >= 4 is 11.9 Å². The van der Waals surface area contributed by atoms with Crippen LogP contribution in [0, 0.1) is 0 Å². The lowest BCUT2D eigenvalue weighted by atomic mass is 10.0. The van der Waals surface area contributed by atoms with Crippen LogP contribution < -0.4 is 5.32 Å². The molecule has 80 heavy (non-hydrogen) atoms. The lowest BCUT2D eigenvalue weighted by Crippen LogP contribution is -2.45. The second-order valence-electron chi connectivity index (χ2n) is 24.9. The Bertz CT molecular complexity index is 1300. The van der Waals surface area contributed by atoms with E-state index < -0.39 is 12.1 Å². The van der Waals surface area contributed by atoms with Gasteiger partial charge in [-0.25, -0.2) is 0 Å². The van der Waals surface area contributed by atoms with Crippen molar-refractivity contribution in [1.82, 2.24) is 5.32 Å². The van der Waals surface area contributed by atoms with Crippen LogP contribution in [0.1, 0.15) is 399 Å². The normalized spacial score (nSPS) is 12.7. The molecule has 0 aromatic heterocycles. The second kappa shape index (κ2) is 69.6. The molecule has 0 aromatic carbocycles. The zero-order valence-electron chi connectivity index (χ0n) is 54.1. The number of hydrogen-bond acceptors (Lipinski definition) is 5. The van der Waals surface area contributed by atoms with Gasteiger partial charge in [-0.15, -0.1) is 0 Å². The summed E-state index contributed by atoms with van der Waals surface area (Å²) in [6.07, 6.45) is 89.5. The van der Waals surface area contributed by atoms with Crippen molar-refractivity contribution in [2.24, 2.45) is 0 Å². The summed E-state index contributed by atoms with van der Waals surface area (Å²) in [7, 11) is 0. The molecule has 0 spiro atoms. The van der Waals surface area contributed by atoms with Gasteiger partial charge in [0.05, 0.1) is 25.4 Å². The van der Waals surface area contributed by atoms with Crippen LogP contribution in [0.5, 0.6) is 0 Å². The smallest absolute Gasteiger partial charge is 0.305 e. The Morgan fingerprint density at radius 1 is 0.350 bits per heavy atom. The molecule has 0 rings (SSSR count). The Balaban J connectivity index is 3.36. The van der Waals surface area contributed by atoms with Crippen molar-refractivity contribution in [3.63, 3.8) is 0 Å². The van der Waals surface area contributed by atoms with Gasteiger partial charge < -0.3 is 20.3 Å². The van der Waals surface area contributed by atoms with E-state index in [2.05, 4.69) is 43.5 Å². The van der Waals surface area contributed by atoms with Crippen molar-refractivity contribution in [2.75, 3.05) is 13.2 Å². The van der Waals surface area contributed by atoms with E-state index >= 15 is 0 Å². The summed E-state index contributed by atoms with van der Waals surface area (Å²) in [5.41, 5.74) is 0. The van der Waals surface area contributed by atoms with E-state index in [0.29, 0.717) is 19.4 Å². The van der Waals surface area contributed by atoms with Gasteiger partial charge in [0.1, 0.15) is 0 Å². The summed E-state index contributed by atoms with van der Waals surface area (Å²) in [4.78, 5) is 24.6. The summed E-state index contributed by atoms with van der Waals surface area (Å²) in [5.74, 6) is -0.0547. The van der Waals surface area contributed by atoms with E-state index in [4.69, 9.17) is 4.74 Å². The average Bonchev–Trinajstić information content (AvgIpc) is 3.46. The summed E-state index contributed by atoms with van der Waals surface area (Å²) in [6.45, 7) is 4.91. The number of unbranched alkanes of at least 4 members (excludes halogenated alkanes) is 53. The van der Waals surface area contributed by atoms with Gasteiger partial charge >= 0.3 is 5.97 Å². The van der Waals surface area contributed by atoms with Crippen LogP contribution in [0.25, 0.3) is 0 Å². The average molecular weight is 1120 g/mol. The number of amides is 1. The van der Waals surface area contributed by atoms with Gasteiger partial charge in [0.25, 0.3) is 0 Å². The third-order valence-electron chi connectivity index (χ3n) is 16.9. The molecule has 0 aliphatic rings. The number of nitrogens with one attached hydrogen (secondary N) is 1. The topological polar surface area (TPSA) is 95.9 Å². The molecule has 0 aliphatic heterocycles. The minimum absolute atomic E-state index is 0.00615. The zero-order valence-corrected chi connectivity index (χ0v) is 54.1. The minimum Gasteiger partial charge on any atom is -0.466 e. The van der Waals surface area contributed by atoms with Crippen LogP contribution in [0.15, 0.2) is 36.5 Å². The Morgan fingerprint density at radius 3 is 0.975 bits per heavy atom. The van der Waals surface area contributed by atoms with E-state index in [9.17, 15) is 19.8 Å². The number of carbonyl (C=O) groups excluding carboxylic acids is 2. The Kier molecular flexibility index (Phi) is 67.9. The van der Waals surface area contributed by atoms with Crippen LogP contribution in [-0.2, 0) is 14.3 Å². The fourth-order valence-electron chi connectivity index (χ4n) is 11.4. The molecule has 3 N–H and O–H groups in total. The number of rotatable bonds is 68. The number of hydrogen-bond donors (Lipinski definition) is 3. The van der Waals surface area contributed by atoms with Crippen LogP contribution >= 0.6 is 0 Å². The van der Waals surface area contributed by atoms with Crippen LogP contribution in [-0.4, -0.2) is 47.4 Å². The summed E-state index contributed by atoms with van der Waals surface area (Å²) < 4.78 is 5.49. The first-order chi connectivity index (χ1) is 39.5. The highest BCUT2D eigenvalue weighted by Gasteiger charge is 2.18. The molecule has 0 saturated heterocycles. The first-order valence-electron chi connectivity index (χ1n) is 36.3. The van der Waals surface area contributed by atoms with Gasteiger partial charge in [0.15, 0.2) is 0 Å². The van der Waals surface area contributed by atoms with Crippen LogP contribution in [0.4, 0.5) is 0 Å². The highest BCUT2D eigenvalue weighted by Crippen LogP contribution is 2.19. The van der Waals surface area contributed by atoms with E-state index in [1.807, 2.05) is 6.08 Å². The molecule has 0 saturated carbocycles. The molecular formula is C74H141NO5. The molecule has 472 valence electrons. The maximum absolute atomic E-state index is 12.5. The predicted molar refractivity (Wildman–Crippen MR) is 352 cm³/mol. The number of aliphatic hydroxyl groups is 2. The molecule has 1 amide bonds. The van der Waals surface area contributed by atoms with E-state index in [0.717, 1.165) is 51.4 Å². The second-order valence-corrected chi connectivity index (χ2v) is 24.9. The van der Waals surface area contributed by atoms with E-state index in [1.54, 1.807) is 6.08 Å². The fraction of sp³-hybridized carbons (Fsp3) is 0.892. The molecule has 6 heteroatoms. The first-order valence-corrected chi connectivity index (χ1v) is 36.3. The van der Waals surface area contributed by atoms with Crippen molar-refractivity contribution < 1.29 is 24.5 Å². The van der Waals surface area contributed by atoms with Crippen LogP contribution in [0.2, 0.25) is 0 Å². The highest BCUT2D eigenvalue weighted by molar-refractivity contribution is 5.76. The SMILES string of the molecule is CCCCC/C=C\C/C=C\CCCCCCCC(=O)OCCCCCCCCCCCCCCCCCCCCCCCCCCCCCCCCC(=O)NC(CO)C(O)/C=C/CCCCCCCCCCCCCCCCCC. The quantitative estimate of drug-likeness (QED) is 0.0320. The third kappa shape index (κ3) is 65.2. The van der Waals surface area contributed by atoms with Gasteiger partial charge in [-0.2, -0.15) is 0 Å². The molecule has 0 radical (unpaired) electrons. The minimum atomic E-state index is -0.842. The highest BCUT2D eigenvalue weighted by atomic mass is 16.5. The third-order valence-corrected chi connectivity index (χ3v) is 16.9. The van der Waals surface area contributed by atoms with Gasteiger partial charge in [0, 0.05) is 12.8 Å².